The zero-order valence-corrected chi connectivity index (χ0v) is 9.58. The average molecular weight is 198 g/mol. The minimum absolute atomic E-state index is 0.0493. The van der Waals surface area contributed by atoms with Crippen molar-refractivity contribution in [1.29, 1.82) is 0 Å². The highest BCUT2D eigenvalue weighted by Gasteiger charge is 2.17. The first-order chi connectivity index (χ1) is 6.65. The zero-order valence-electron chi connectivity index (χ0n) is 9.58. The van der Waals surface area contributed by atoms with Crippen molar-refractivity contribution in [2.75, 3.05) is 0 Å². The number of hydrogen-bond donors (Lipinski definition) is 0. The summed E-state index contributed by atoms with van der Waals surface area (Å²) < 4.78 is 0. The van der Waals surface area contributed by atoms with Gasteiger partial charge in [0.2, 0.25) is 0 Å². The van der Waals surface area contributed by atoms with Gasteiger partial charge in [-0.3, -0.25) is 4.79 Å². The number of carbonyl (C=O) groups excluding carboxylic acids is 2. The van der Waals surface area contributed by atoms with E-state index in [1.165, 1.54) is 0 Å². The molecule has 0 bridgehead atoms. The molecule has 0 aromatic rings. The molecule has 0 rings (SSSR count). The van der Waals surface area contributed by atoms with Crippen LogP contribution in [-0.4, -0.2) is 12.1 Å². The van der Waals surface area contributed by atoms with Gasteiger partial charge in [0.25, 0.3) is 0 Å². The largest absolute Gasteiger partial charge is 0.303 e. The molecule has 0 aromatic heterocycles. The molecule has 0 aliphatic heterocycles. The fourth-order valence-electron chi connectivity index (χ4n) is 1.64. The normalized spacial score (nSPS) is 14.8. The molecule has 0 aliphatic carbocycles. The number of hydrogen-bond acceptors (Lipinski definition) is 2. The molecule has 2 nitrogen and oxygen atoms in total. The monoisotopic (exact) mass is 198 g/mol. The predicted molar refractivity (Wildman–Crippen MR) is 58.2 cm³/mol. The Morgan fingerprint density at radius 2 is 1.79 bits per heavy atom. The van der Waals surface area contributed by atoms with E-state index >= 15 is 0 Å². The average Bonchev–Trinajstić information content (AvgIpc) is 2.17. The second-order valence-corrected chi connectivity index (χ2v) is 4.04. The van der Waals surface area contributed by atoms with Gasteiger partial charge in [-0.05, 0) is 12.8 Å². The van der Waals surface area contributed by atoms with Gasteiger partial charge in [-0.1, -0.05) is 33.6 Å². The van der Waals surface area contributed by atoms with Gasteiger partial charge in [0.1, 0.15) is 12.1 Å². The number of carbonyl (C=O) groups is 2. The first-order valence-corrected chi connectivity index (χ1v) is 5.63. The van der Waals surface area contributed by atoms with E-state index in [0.717, 1.165) is 32.0 Å². The summed E-state index contributed by atoms with van der Waals surface area (Å²) in [6, 6.07) is 0. The van der Waals surface area contributed by atoms with E-state index in [1.54, 1.807) is 0 Å². The van der Waals surface area contributed by atoms with Crippen LogP contribution in [0.25, 0.3) is 0 Å². The number of rotatable bonds is 8. The first-order valence-electron chi connectivity index (χ1n) is 5.63. The molecule has 2 atom stereocenters. The molecule has 0 spiro atoms. The van der Waals surface area contributed by atoms with Gasteiger partial charge >= 0.3 is 0 Å². The van der Waals surface area contributed by atoms with Crippen LogP contribution in [0.3, 0.4) is 0 Å². The smallest absolute Gasteiger partial charge is 0.136 e. The highest BCUT2D eigenvalue weighted by molar-refractivity contribution is 5.83. The molecular formula is C12H22O2. The van der Waals surface area contributed by atoms with Crippen molar-refractivity contribution in [2.24, 2.45) is 11.8 Å². The Labute approximate surface area is 87.1 Å². The molecule has 0 aliphatic rings. The van der Waals surface area contributed by atoms with E-state index in [1.807, 2.05) is 13.8 Å². The second-order valence-electron chi connectivity index (χ2n) is 4.04. The van der Waals surface area contributed by atoms with E-state index < -0.39 is 0 Å². The van der Waals surface area contributed by atoms with Gasteiger partial charge in [0, 0.05) is 18.3 Å². The third-order valence-corrected chi connectivity index (χ3v) is 2.59. The van der Waals surface area contributed by atoms with Crippen LogP contribution < -0.4 is 0 Å². The summed E-state index contributed by atoms with van der Waals surface area (Å²) >= 11 is 0. The first kappa shape index (κ1) is 13.3. The Kier molecular flexibility index (Phi) is 7.35. The molecule has 82 valence electrons. The topological polar surface area (TPSA) is 34.1 Å². The molecule has 2 heteroatoms. The summed E-state index contributed by atoms with van der Waals surface area (Å²) in [6.45, 7) is 6.07. The van der Waals surface area contributed by atoms with Crippen LogP contribution in [0.5, 0.6) is 0 Å². The van der Waals surface area contributed by atoms with Gasteiger partial charge < -0.3 is 4.79 Å². The summed E-state index contributed by atoms with van der Waals surface area (Å²) in [4.78, 5) is 22.3. The van der Waals surface area contributed by atoms with Crippen molar-refractivity contribution in [3.05, 3.63) is 0 Å². The summed E-state index contributed by atoms with van der Waals surface area (Å²) in [6.07, 6.45) is 5.16. The molecule has 2 unspecified atom stereocenters. The second kappa shape index (κ2) is 7.72. The highest BCUT2D eigenvalue weighted by Crippen LogP contribution is 2.15. The highest BCUT2D eigenvalue weighted by atomic mass is 16.1. The van der Waals surface area contributed by atoms with Crippen molar-refractivity contribution in [2.45, 2.75) is 52.9 Å². The van der Waals surface area contributed by atoms with E-state index in [9.17, 15) is 9.59 Å². The Morgan fingerprint density at radius 1 is 1.21 bits per heavy atom. The number of ketones is 1. The minimum atomic E-state index is -0.0493. The minimum Gasteiger partial charge on any atom is -0.303 e. The van der Waals surface area contributed by atoms with Crippen molar-refractivity contribution in [1.82, 2.24) is 0 Å². The van der Waals surface area contributed by atoms with Crippen molar-refractivity contribution < 1.29 is 9.59 Å². The van der Waals surface area contributed by atoms with Crippen LogP contribution in [0.4, 0.5) is 0 Å². The summed E-state index contributed by atoms with van der Waals surface area (Å²) in [7, 11) is 0. The maximum atomic E-state index is 11.6. The van der Waals surface area contributed by atoms with Crippen LogP contribution in [0.15, 0.2) is 0 Å². The lowest BCUT2D eigenvalue weighted by molar-refractivity contribution is -0.125. The van der Waals surface area contributed by atoms with Crippen molar-refractivity contribution in [3.8, 4) is 0 Å². The van der Waals surface area contributed by atoms with Crippen molar-refractivity contribution in [3.63, 3.8) is 0 Å². The van der Waals surface area contributed by atoms with E-state index in [2.05, 4.69) is 6.92 Å². The maximum Gasteiger partial charge on any atom is 0.136 e. The third kappa shape index (κ3) is 5.15. The Balaban J connectivity index is 3.94. The summed E-state index contributed by atoms with van der Waals surface area (Å²) in [5, 5.41) is 0. The van der Waals surface area contributed by atoms with E-state index in [4.69, 9.17) is 0 Å². The molecular weight excluding hydrogens is 176 g/mol. The lowest BCUT2D eigenvalue weighted by atomic mass is 9.91. The molecule has 14 heavy (non-hydrogen) atoms. The van der Waals surface area contributed by atoms with Crippen LogP contribution in [0, 0.1) is 11.8 Å². The predicted octanol–water partition coefficient (Wildman–Crippen LogP) is 3.00. The molecule has 0 saturated heterocycles. The fourth-order valence-corrected chi connectivity index (χ4v) is 1.64. The Hall–Kier alpha value is -0.660. The SMILES string of the molecule is CCCC(C=O)CC(=O)C(C)CCC. The van der Waals surface area contributed by atoms with Crippen LogP contribution in [0.2, 0.25) is 0 Å². The van der Waals surface area contributed by atoms with Crippen LogP contribution in [0.1, 0.15) is 52.9 Å². The van der Waals surface area contributed by atoms with E-state index in [0.29, 0.717) is 6.42 Å². The molecule has 0 aromatic carbocycles. The van der Waals surface area contributed by atoms with Gasteiger partial charge in [0.15, 0.2) is 0 Å². The van der Waals surface area contributed by atoms with Gasteiger partial charge in [-0.25, -0.2) is 0 Å². The molecule has 0 N–H and O–H groups in total. The zero-order chi connectivity index (χ0) is 11.0. The van der Waals surface area contributed by atoms with Gasteiger partial charge in [0.05, 0.1) is 0 Å². The quantitative estimate of drug-likeness (QED) is 0.562. The Morgan fingerprint density at radius 3 is 2.21 bits per heavy atom. The fraction of sp³-hybridized carbons (Fsp3) is 0.833. The third-order valence-electron chi connectivity index (χ3n) is 2.59. The lowest BCUT2D eigenvalue weighted by Gasteiger charge is -2.12. The van der Waals surface area contributed by atoms with Gasteiger partial charge in [-0.2, -0.15) is 0 Å². The lowest BCUT2D eigenvalue weighted by Crippen LogP contribution is -2.16. The van der Waals surface area contributed by atoms with E-state index in [-0.39, 0.29) is 17.6 Å². The van der Waals surface area contributed by atoms with Crippen molar-refractivity contribution >= 4 is 12.1 Å². The summed E-state index contributed by atoms with van der Waals surface area (Å²) in [5.74, 6) is 0.323. The number of Topliss-reactive ketones (excluding diaryl/α,β-unsaturated/α-hetero) is 1. The number of aldehydes is 1. The Bertz CT molecular complexity index is 175. The molecule has 0 fully saturated rings. The molecule has 0 heterocycles. The molecule has 0 saturated carbocycles. The molecule has 0 amide bonds. The van der Waals surface area contributed by atoms with Crippen LogP contribution >= 0.6 is 0 Å². The van der Waals surface area contributed by atoms with Gasteiger partial charge in [-0.15, -0.1) is 0 Å². The maximum absolute atomic E-state index is 11.6. The standard InChI is InChI=1S/C12H22O2/c1-4-6-10(3)12(14)8-11(9-13)7-5-2/h9-11H,4-8H2,1-3H3. The summed E-state index contributed by atoms with van der Waals surface area (Å²) in [5.41, 5.74) is 0. The van der Waals surface area contributed by atoms with Crippen LogP contribution in [-0.2, 0) is 9.59 Å². The molecule has 0 radical (unpaired) electrons.